The van der Waals surface area contributed by atoms with E-state index in [-0.39, 0.29) is 6.61 Å². The van der Waals surface area contributed by atoms with Gasteiger partial charge in [0.25, 0.3) is 0 Å². The summed E-state index contributed by atoms with van der Waals surface area (Å²) in [6, 6.07) is 3.39. The van der Waals surface area contributed by atoms with Crippen LogP contribution in [0.5, 0.6) is 11.5 Å². The molecule has 3 nitrogen and oxygen atoms in total. The molecule has 0 atom stereocenters. The number of nitrogens with two attached hydrogens (primary N) is 1. The maximum atomic E-state index is 12.1. The molecule has 0 fully saturated rings. The molecule has 1 aromatic carbocycles. The number of ether oxygens (including phenoxy) is 2. The Morgan fingerprint density at radius 1 is 1.44 bits per heavy atom. The highest BCUT2D eigenvalue weighted by atomic mass is 35.5. The minimum atomic E-state index is -0.548. The lowest BCUT2D eigenvalue weighted by Gasteiger charge is -2.14. The van der Waals surface area contributed by atoms with Crippen LogP contribution in [0.2, 0.25) is 5.02 Å². The van der Waals surface area contributed by atoms with Crippen molar-refractivity contribution in [3.63, 3.8) is 0 Å². The van der Waals surface area contributed by atoms with E-state index < -0.39 is 6.67 Å². The van der Waals surface area contributed by atoms with Crippen LogP contribution in [0.4, 0.5) is 4.39 Å². The molecule has 1 rings (SSSR count). The highest BCUT2D eigenvalue weighted by molar-refractivity contribution is 6.30. The molecule has 0 saturated carbocycles. The van der Waals surface area contributed by atoms with Crippen LogP contribution in [0.25, 0.3) is 0 Å². The average Bonchev–Trinajstić information content (AvgIpc) is 2.27. The maximum absolute atomic E-state index is 12.1. The molecule has 5 heteroatoms. The first-order chi connectivity index (χ1) is 7.72. The third-order valence-corrected chi connectivity index (χ3v) is 2.27. The van der Waals surface area contributed by atoms with Crippen molar-refractivity contribution in [1.29, 1.82) is 0 Å². The van der Waals surface area contributed by atoms with Crippen molar-refractivity contribution >= 4 is 11.6 Å². The zero-order valence-electron chi connectivity index (χ0n) is 9.13. The normalized spacial score (nSPS) is 10.2. The van der Waals surface area contributed by atoms with Crippen molar-refractivity contribution in [2.75, 3.05) is 26.9 Å². The molecule has 0 saturated heterocycles. The summed E-state index contributed by atoms with van der Waals surface area (Å²) in [6.07, 6.45) is 0.610. The van der Waals surface area contributed by atoms with E-state index in [9.17, 15) is 4.39 Å². The predicted octanol–water partition coefficient (Wildman–Crippen LogP) is 2.20. The Labute approximate surface area is 99.3 Å². The number of rotatable bonds is 6. The minimum Gasteiger partial charge on any atom is -0.493 e. The van der Waals surface area contributed by atoms with Gasteiger partial charge in [-0.3, -0.25) is 0 Å². The van der Waals surface area contributed by atoms with E-state index in [1.807, 2.05) is 0 Å². The van der Waals surface area contributed by atoms with Crippen molar-refractivity contribution in [3.05, 3.63) is 22.7 Å². The van der Waals surface area contributed by atoms with Crippen molar-refractivity contribution < 1.29 is 13.9 Å². The molecule has 0 aliphatic heterocycles. The molecule has 16 heavy (non-hydrogen) atoms. The van der Waals surface area contributed by atoms with Gasteiger partial charge in [-0.25, -0.2) is 4.39 Å². The molecule has 1 aromatic rings. The third kappa shape index (κ3) is 3.25. The molecule has 0 heterocycles. The van der Waals surface area contributed by atoms with Crippen LogP contribution < -0.4 is 15.2 Å². The average molecular weight is 248 g/mol. The Bertz CT molecular complexity index is 347. The molecule has 0 spiro atoms. The van der Waals surface area contributed by atoms with Gasteiger partial charge in [-0.2, -0.15) is 0 Å². The first-order valence-corrected chi connectivity index (χ1v) is 5.36. The molecule has 0 bridgehead atoms. The van der Waals surface area contributed by atoms with Gasteiger partial charge in [-0.15, -0.1) is 0 Å². The van der Waals surface area contributed by atoms with Crippen LogP contribution in [0.15, 0.2) is 12.1 Å². The quantitative estimate of drug-likeness (QED) is 0.838. The lowest BCUT2D eigenvalue weighted by molar-refractivity contribution is 0.258. The van der Waals surface area contributed by atoms with Crippen molar-refractivity contribution in [3.8, 4) is 11.5 Å². The van der Waals surface area contributed by atoms with Gasteiger partial charge in [-0.05, 0) is 19.0 Å². The molecule has 0 aliphatic carbocycles. The Kier molecular flexibility index (Phi) is 5.35. The molecule has 0 amide bonds. The summed E-state index contributed by atoms with van der Waals surface area (Å²) < 4.78 is 22.5. The first kappa shape index (κ1) is 13.1. The third-order valence-electron chi connectivity index (χ3n) is 2.05. The van der Waals surface area contributed by atoms with Crippen molar-refractivity contribution in [1.82, 2.24) is 0 Å². The van der Waals surface area contributed by atoms with Crippen LogP contribution in [-0.4, -0.2) is 26.9 Å². The van der Waals surface area contributed by atoms with Crippen molar-refractivity contribution in [2.24, 2.45) is 5.73 Å². The highest BCUT2D eigenvalue weighted by Crippen LogP contribution is 2.34. The fraction of sp³-hybridized carbons (Fsp3) is 0.455. The van der Waals surface area contributed by atoms with E-state index in [2.05, 4.69) is 0 Å². The zero-order valence-corrected chi connectivity index (χ0v) is 9.89. The Morgan fingerprint density at radius 2 is 2.19 bits per heavy atom. The van der Waals surface area contributed by atoms with E-state index in [4.69, 9.17) is 26.8 Å². The number of hydrogen-bond acceptors (Lipinski definition) is 3. The van der Waals surface area contributed by atoms with E-state index in [0.717, 1.165) is 5.56 Å². The number of methoxy groups -OCH3 is 1. The van der Waals surface area contributed by atoms with Gasteiger partial charge >= 0.3 is 0 Å². The number of benzene rings is 1. The van der Waals surface area contributed by atoms with Gasteiger partial charge < -0.3 is 15.2 Å². The Morgan fingerprint density at radius 3 is 2.75 bits per heavy atom. The van der Waals surface area contributed by atoms with E-state index in [1.54, 1.807) is 12.1 Å². The van der Waals surface area contributed by atoms with Crippen LogP contribution in [0.3, 0.4) is 0 Å². The SMILES string of the molecule is COc1cc(Cl)cc(CCN)c1OCCF. The molecule has 0 aliphatic rings. The lowest BCUT2D eigenvalue weighted by atomic mass is 10.1. The molecule has 90 valence electrons. The van der Waals surface area contributed by atoms with Gasteiger partial charge in [0.2, 0.25) is 0 Å². The summed E-state index contributed by atoms with van der Waals surface area (Å²) in [5.41, 5.74) is 6.32. The van der Waals surface area contributed by atoms with Crippen LogP contribution in [0, 0.1) is 0 Å². The van der Waals surface area contributed by atoms with E-state index >= 15 is 0 Å². The number of hydrogen-bond donors (Lipinski definition) is 1. The maximum Gasteiger partial charge on any atom is 0.164 e. The topological polar surface area (TPSA) is 44.5 Å². The van der Waals surface area contributed by atoms with Gasteiger partial charge in [0.15, 0.2) is 11.5 Å². The van der Waals surface area contributed by atoms with Crippen LogP contribution in [0.1, 0.15) is 5.56 Å². The van der Waals surface area contributed by atoms with E-state index in [0.29, 0.717) is 29.5 Å². The number of alkyl halides is 1. The standard InChI is InChI=1S/C11H15ClFNO2/c1-15-10-7-9(12)6-8(2-4-14)11(10)16-5-3-13/h6-7H,2-5,14H2,1H3. The Hall–Kier alpha value is -1.00. The Balaban J connectivity index is 3.05. The summed E-state index contributed by atoms with van der Waals surface area (Å²) in [4.78, 5) is 0. The highest BCUT2D eigenvalue weighted by Gasteiger charge is 2.12. The van der Waals surface area contributed by atoms with Gasteiger partial charge in [0, 0.05) is 16.7 Å². The molecule has 0 unspecified atom stereocenters. The van der Waals surface area contributed by atoms with Gasteiger partial charge in [0.05, 0.1) is 7.11 Å². The van der Waals surface area contributed by atoms with Crippen LogP contribution in [-0.2, 0) is 6.42 Å². The van der Waals surface area contributed by atoms with Crippen molar-refractivity contribution in [2.45, 2.75) is 6.42 Å². The molecular weight excluding hydrogens is 233 g/mol. The summed E-state index contributed by atoms with van der Waals surface area (Å²) in [6.45, 7) is -0.0844. The largest absolute Gasteiger partial charge is 0.493 e. The summed E-state index contributed by atoms with van der Waals surface area (Å²) in [5, 5.41) is 0.549. The fourth-order valence-electron chi connectivity index (χ4n) is 1.42. The monoisotopic (exact) mass is 247 g/mol. The second kappa shape index (κ2) is 6.55. The van der Waals surface area contributed by atoms with Gasteiger partial charge in [-0.1, -0.05) is 11.6 Å². The lowest BCUT2D eigenvalue weighted by Crippen LogP contribution is -2.08. The smallest absolute Gasteiger partial charge is 0.164 e. The second-order valence-electron chi connectivity index (χ2n) is 3.17. The minimum absolute atomic E-state index is 0.00440. The van der Waals surface area contributed by atoms with Gasteiger partial charge in [0.1, 0.15) is 13.3 Å². The number of halogens is 2. The molecule has 0 aromatic heterocycles. The summed E-state index contributed by atoms with van der Waals surface area (Å²) in [5.74, 6) is 1.03. The molecular formula is C11H15ClFNO2. The summed E-state index contributed by atoms with van der Waals surface area (Å²) in [7, 11) is 1.51. The first-order valence-electron chi connectivity index (χ1n) is 4.98. The molecule has 2 N–H and O–H groups in total. The second-order valence-corrected chi connectivity index (χ2v) is 3.61. The predicted molar refractivity (Wildman–Crippen MR) is 62.2 cm³/mol. The van der Waals surface area contributed by atoms with Crippen LogP contribution >= 0.6 is 11.6 Å². The summed E-state index contributed by atoms with van der Waals surface area (Å²) >= 11 is 5.92. The zero-order chi connectivity index (χ0) is 12.0. The van der Waals surface area contributed by atoms with E-state index in [1.165, 1.54) is 7.11 Å². The fourth-order valence-corrected chi connectivity index (χ4v) is 1.65. The molecule has 0 radical (unpaired) electrons.